The highest BCUT2D eigenvalue weighted by Crippen LogP contribution is 2.64. The molecule has 0 bridgehead atoms. The Kier molecular flexibility index (Phi) is 5.27. The smallest absolute Gasteiger partial charge is 0.230 e. The van der Waals surface area contributed by atoms with E-state index in [0.29, 0.717) is 48.3 Å². The zero-order valence-corrected chi connectivity index (χ0v) is 18.7. The Bertz CT molecular complexity index is 922. The molecular formula is C24H34N4O3. The summed E-state index contributed by atoms with van der Waals surface area (Å²) in [6, 6.07) is 0. The van der Waals surface area contributed by atoms with Crippen molar-refractivity contribution in [3.05, 3.63) is 23.4 Å². The highest BCUT2D eigenvalue weighted by Gasteiger charge is 2.58. The Morgan fingerprint density at radius 3 is 2.81 bits per heavy atom. The Balaban J connectivity index is 1.24. The van der Waals surface area contributed by atoms with Crippen LogP contribution in [0.4, 0.5) is 0 Å². The van der Waals surface area contributed by atoms with Crippen LogP contribution >= 0.6 is 0 Å². The highest BCUT2D eigenvalue weighted by molar-refractivity contribution is 5.96. The normalized spacial score (nSPS) is 38.4. The molecule has 1 aromatic heterocycles. The lowest BCUT2D eigenvalue weighted by Crippen LogP contribution is -2.50. The van der Waals surface area contributed by atoms with Crippen LogP contribution in [0.1, 0.15) is 76.9 Å². The summed E-state index contributed by atoms with van der Waals surface area (Å²) in [5, 5.41) is 8.19. The van der Waals surface area contributed by atoms with E-state index in [4.69, 9.17) is 15.1 Å². The van der Waals surface area contributed by atoms with Crippen molar-refractivity contribution in [2.24, 2.45) is 39.5 Å². The Morgan fingerprint density at radius 1 is 1.16 bits per heavy atom. The molecule has 1 heterocycles. The van der Waals surface area contributed by atoms with Crippen molar-refractivity contribution in [3.63, 3.8) is 0 Å². The van der Waals surface area contributed by atoms with Crippen LogP contribution in [0, 0.1) is 28.6 Å². The molecule has 7 heteroatoms. The summed E-state index contributed by atoms with van der Waals surface area (Å²) in [6.45, 7) is 5.41. The first kappa shape index (κ1) is 20.9. The molecule has 0 aliphatic heterocycles. The van der Waals surface area contributed by atoms with Gasteiger partial charge in [-0.3, -0.25) is 4.79 Å². The predicted octanol–water partition coefficient (Wildman–Crippen LogP) is 3.98. The second kappa shape index (κ2) is 7.84. The molecule has 5 rings (SSSR count). The molecule has 0 radical (unpaired) electrons. The summed E-state index contributed by atoms with van der Waals surface area (Å²) in [7, 11) is 0. The monoisotopic (exact) mass is 426 g/mol. The second-order valence-electron chi connectivity index (χ2n) is 10.4. The van der Waals surface area contributed by atoms with E-state index in [0.717, 1.165) is 44.2 Å². The van der Waals surface area contributed by atoms with Gasteiger partial charge in [0.15, 0.2) is 5.82 Å². The van der Waals surface area contributed by atoms with Gasteiger partial charge < -0.3 is 15.1 Å². The molecule has 2 N–H and O–H groups in total. The first-order valence-electron chi connectivity index (χ1n) is 11.9. The maximum Gasteiger partial charge on any atom is 0.230 e. The largest absolute Gasteiger partial charge is 0.395 e. The van der Waals surface area contributed by atoms with E-state index in [1.807, 2.05) is 0 Å². The number of hydrogen-bond donors (Lipinski definition) is 1. The third-order valence-electron chi connectivity index (χ3n) is 8.97. The van der Waals surface area contributed by atoms with Gasteiger partial charge in [0.1, 0.15) is 12.4 Å². The lowest BCUT2D eigenvalue weighted by molar-refractivity contribution is -0.132. The number of carbonyl (C=O) groups is 1. The van der Waals surface area contributed by atoms with E-state index >= 15 is 0 Å². The fourth-order valence-electron chi connectivity index (χ4n) is 7.15. The van der Waals surface area contributed by atoms with Crippen molar-refractivity contribution >= 4 is 11.5 Å². The summed E-state index contributed by atoms with van der Waals surface area (Å²) in [4.78, 5) is 22.3. The molecule has 0 spiro atoms. The summed E-state index contributed by atoms with van der Waals surface area (Å²) < 4.78 is 5.12. The van der Waals surface area contributed by atoms with Crippen LogP contribution < -0.4 is 5.73 Å². The minimum atomic E-state index is -0.0445. The van der Waals surface area contributed by atoms with Crippen molar-refractivity contribution in [1.82, 2.24) is 10.1 Å². The van der Waals surface area contributed by atoms with Crippen molar-refractivity contribution in [3.8, 4) is 0 Å². The maximum atomic E-state index is 12.6. The SMILES string of the molecule is C[C@]12CC/C(=N/OCCc3nc(CN)no3)C=C1CCC1C2CC[C@]2(C)C(=O)CCC12. The highest BCUT2D eigenvalue weighted by atomic mass is 16.6. The summed E-state index contributed by atoms with van der Waals surface area (Å²) in [6.07, 6.45) is 11.4. The van der Waals surface area contributed by atoms with Crippen molar-refractivity contribution in [2.45, 2.75) is 78.2 Å². The molecule has 5 atom stereocenters. The number of Topliss-reactive ketones (excluding diaryl/α,β-unsaturated/α-hetero) is 1. The summed E-state index contributed by atoms with van der Waals surface area (Å²) in [5.74, 6) is 3.57. The average Bonchev–Trinajstić information content (AvgIpc) is 3.35. The molecule has 168 valence electrons. The number of rotatable bonds is 5. The van der Waals surface area contributed by atoms with Crippen LogP contribution in [0.2, 0.25) is 0 Å². The topological polar surface area (TPSA) is 104 Å². The van der Waals surface area contributed by atoms with Crippen molar-refractivity contribution in [2.75, 3.05) is 6.61 Å². The number of hydrogen-bond acceptors (Lipinski definition) is 7. The number of aromatic nitrogens is 2. The van der Waals surface area contributed by atoms with E-state index in [1.54, 1.807) is 5.57 Å². The maximum absolute atomic E-state index is 12.6. The van der Waals surface area contributed by atoms with Crippen LogP contribution in [-0.2, 0) is 22.6 Å². The van der Waals surface area contributed by atoms with Gasteiger partial charge in [-0.05, 0) is 74.2 Å². The van der Waals surface area contributed by atoms with Gasteiger partial charge in [0.25, 0.3) is 0 Å². The lowest BCUT2D eigenvalue weighted by Gasteiger charge is -2.57. The summed E-state index contributed by atoms with van der Waals surface area (Å²) in [5.41, 5.74) is 8.28. The van der Waals surface area contributed by atoms with E-state index in [1.165, 1.54) is 12.8 Å². The molecule has 4 aliphatic carbocycles. The first-order chi connectivity index (χ1) is 14.9. The number of allylic oxidation sites excluding steroid dienone is 2. The van der Waals surface area contributed by atoms with Crippen molar-refractivity contribution in [1.29, 1.82) is 0 Å². The van der Waals surface area contributed by atoms with E-state index < -0.39 is 0 Å². The minimum Gasteiger partial charge on any atom is -0.395 e. The van der Waals surface area contributed by atoms with Crippen LogP contribution in [0.3, 0.4) is 0 Å². The van der Waals surface area contributed by atoms with Gasteiger partial charge >= 0.3 is 0 Å². The Morgan fingerprint density at radius 2 is 2.00 bits per heavy atom. The van der Waals surface area contributed by atoms with Gasteiger partial charge in [-0.25, -0.2) is 0 Å². The second-order valence-corrected chi connectivity index (χ2v) is 10.4. The molecule has 1 aromatic rings. The molecule has 0 amide bonds. The third-order valence-corrected chi connectivity index (χ3v) is 8.97. The Labute approximate surface area is 183 Å². The number of nitrogens with two attached hydrogens (primary N) is 1. The molecule has 3 saturated carbocycles. The quantitative estimate of drug-likeness (QED) is 0.564. The molecule has 0 aromatic carbocycles. The van der Waals surface area contributed by atoms with Gasteiger partial charge in [-0.1, -0.05) is 29.7 Å². The zero-order valence-electron chi connectivity index (χ0n) is 18.7. The van der Waals surface area contributed by atoms with Gasteiger partial charge in [0.05, 0.1) is 18.7 Å². The number of ketones is 1. The van der Waals surface area contributed by atoms with Gasteiger partial charge in [-0.15, -0.1) is 0 Å². The number of nitrogens with zero attached hydrogens (tertiary/aromatic N) is 3. The van der Waals surface area contributed by atoms with Crippen LogP contribution in [0.25, 0.3) is 0 Å². The number of carbonyl (C=O) groups excluding carboxylic acids is 1. The fourth-order valence-corrected chi connectivity index (χ4v) is 7.15. The first-order valence-corrected chi connectivity index (χ1v) is 11.9. The van der Waals surface area contributed by atoms with E-state index in [-0.39, 0.29) is 17.4 Å². The molecular weight excluding hydrogens is 392 g/mol. The fraction of sp³-hybridized carbons (Fsp3) is 0.750. The van der Waals surface area contributed by atoms with Gasteiger partial charge in [-0.2, -0.15) is 4.98 Å². The average molecular weight is 427 g/mol. The number of fused-ring (bicyclic) bond motifs is 5. The minimum absolute atomic E-state index is 0.0445. The number of oxime groups is 1. The van der Waals surface area contributed by atoms with E-state index in [2.05, 4.69) is 35.2 Å². The van der Waals surface area contributed by atoms with Crippen molar-refractivity contribution < 1.29 is 14.2 Å². The van der Waals surface area contributed by atoms with Crippen LogP contribution in [0.15, 0.2) is 21.3 Å². The lowest BCUT2D eigenvalue weighted by atomic mass is 9.47. The van der Waals surface area contributed by atoms with Crippen LogP contribution in [-0.4, -0.2) is 28.2 Å². The molecule has 31 heavy (non-hydrogen) atoms. The van der Waals surface area contributed by atoms with Crippen LogP contribution in [0.5, 0.6) is 0 Å². The van der Waals surface area contributed by atoms with E-state index in [9.17, 15) is 4.79 Å². The Hall–Kier alpha value is -2.02. The predicted molar refractivity (Wildman–Crippen MR) is 116 cm³/mol. The molecule has 3 unspecified atom stereocenters. The molecule has 7 nitrogen and oxygen atoms in total. The molecule has 4 aliphatic rings. The zero-order chi connectivity index (χ0) is 21.6. The molecule has 0 saturated heterocycles. The van der Waals surface area contributed by atoms with Gasteiger partial charge in [0.2, 0.25) is 5.89 Å². The summed E-state index contributed by atoms with van der Waals surface area (Å²) >= 11 is 0. The van der Waals surface area contributed by atoms with Gasteiger partial charge in [0, 0.05) is 11.8 Å². The molecule has 3 fully saturated rings. The third kappa shape index (κ3) is 3.45. The standard InChI is InChI=1S/C24H34N4O3/c1-23-10-7-16(27-30-12-9-22-26-21(14-25)28-31-22)13-15(23)3-4-17-18-5-6-20(29)24(18,2)11-8-19(17)23/h13,17-19H,3-12,14,25H2,1-2H3/b27-16-/t17?,18?,19?,23-,24-/m0/s1.